The Morgan fingerprint density at radius 2 is 1.59 bits per heavy atom. The van der Waals surface area contributed by atoms with Gasteiger partial charge in [-0.25, -0.2) is 4.39 Å². The number of carbonyl (C=O) groups is 3. The number of piperidine rings is 1. The fourth-order valence-electron chi connectivity index (χ4n) is 4.80. The lowest BCUT2D eigenvalue weighted by atomic mass is 9.78. The van der Waals surface area contributed by atoms with E-state index in [1.807, 2.05) is 0 Å². The molecule has 2 aromatic carbocycles. The summed E-state index contributed by atoms with van der Waals surface area (Å²) in [6, 6.07) is 5.00. The van der Waals surface area contributed by atoms with Crippen LogP contribution in [-0.4, -0.2) is 54.7 Å². The second-order valence-electron chi connectivity index (χ2n) is 9.44. The molecule has 3 rings (SSSR count). The summed E-state index contributed by atoms with van der Waals surface area (Å²) in [5.41, 5.74) is -2.35. The summed E-state index contributed by atoms with van der Waals surface area (Å²) in [5, 5.41) is 2.23. The molecule has 0 spiro atoms. The van der Waals surface area contributed by atoms with Crippen LogP contribution < -0.4 is 5.32 Å². The molecule has 6 nitrogen and oxygen atoms in total. The van der Waals surface area contributed by atoms with Gasteiger partial charge in [-0.15, -0.1) is 0 Å². The Morgan fingerprint density at radius 3 is 2.10 bits per heavy atom. The molecule has 1 saturated heterocycles. The normalized spacial score (nSPS) is 18.1. The lowest BCUT2D eigenvalue weighted by molar-refractivity contribution is -0.148. The number of hydrogen-bond donors (Lipinski definition) is 1. The molecule has 212 valence electrons. The lowest BCUT2D eigenvalue weighted by Crippen LogP contribution is -2.51. The Hall–Kier alpha value is -3.64. The van der Waals surface area contributed by atoms with E-state index in [-0.39, 0.29) is 31.1 Å². The third-order valence-electron chi connectivity index (χ3n) is 6.71. The number of nitrogens with zero attached hydrogens (tertiary/aromatic N) is 2. The molecule has 1 heterocycles. The van der Waals surface area contributed by atoms with Crippen molar-refractivity contribution in [2.45, 2.75) is 38.2 Å². The number of carbonyl (C=O) groups excluding carboxylic acids is 3. The average molecular weight is 561 g/mol. The van der Waals surface area contributed by atoms with Crippen LogP contribution in [0, 0.1) is 18.7 Å². The molecule has 1 aliphatic rings. The number of halogens is 7. The van der Waals surface area contributed by atoms with E-state index in [1.54, 1.807) is 6.92 Å². The summed E-state index contributed by atoms with van der Waals surface area (Å²) in [4.78, 5) is 40.2. The molecule has 0 saturated carbocycles. The highest BCUT2D eigenvalue weighted by atomic mass is 19.4. The lowest BCUT2D eigenvalue weighted by Gasteiger charge is -2.39. The zero-order valence-electron chi connectivity index (χ0n) is 21.2. The Morgan fingerprint density at radius 1 is 1.00 bits per heavy atom. The van der Waals surface area contributed by atoms with E-state index < -0.39 is 65.4 Å². The van der Waals surface area contributed by atoms with Crippen LogP contribution in [0.25, 0.3) is 0 Å². The molecular formula is C26H26F7N3O3. The first-order chi connectivity index (χ1) is 18.0. The number of nitrogens with one attached hydrogen (secondary N) is 1. The van der Waals surface area contributed by atoms with Gasteiger partial charge in [0.05, 0.1) is 11.1 Å². The third kappa shape index (κ3) is 6.87. The van der Waals surface area contributed by atoms with Crippen molar-refractivity contribution in [1.82, 2.24) is 15.1 Å². The average Bonchev–Trinajstić information content (AvgIpc) is 2.85. The highest BCUT2D eigenvalue weighted by Crippen LogP contribution is 2.38. The van der Waals surface area contributed by atoms with Crippen molar-refractivity contribution in [1.29, 1.82) is 0 Å². The fraction of sp³-hybridized carbons (Fsp3) is 0.423. The van der Waals surface area contributed by atoms with Crippen LogP contribution in [0.4, 0.5) is 30.7 Å². The topological polar surface area (TPSA) is 69.7 Å². The smallest absolute Gasteiger partial charge is 0.351 e. The summed E-state index contributed by atoms with van der Waals surface area (Å²) in [6.45, 7) is 0.989. The number of likely N-dealkylation sites (N-methyl/N-ethyl adjacent to an activating group) is 1. The molecule has 0 radical (unpaired) electrons. The first kappa shape index (κ1) is 29.9. The molecule has 0 aromatic heterocycles. The minimum absolute atomic E-state index is 0.00895. The second kappa shape index (κ2) is 11.2. The molecular weight excluding hydrogens is 535 g/mol. The molecule has 0 unspecified atom stereocenters. The van der Waals surface area contributed by atoms with Gasteiger partial charge in [0.25, 0.3) is 0 Å². The predicted octanol–water partition coefficient (Wildman–Crippen LogP) is 4.51. The molecule has 39 heavy (non-hydrogen) atoms. The van der Waals surface area contributed by atoms with Gasteiger partial charge >= 0.3 is 24.2 Å². The molecule has 2 atom stereocenters. The first-order valence-corrected chi connectivity index (χ1v) is 11.8. The van der Waals surface area contributed by atoms with Crippen LogP contribution in [0.2, 0.25) is 0 Å². The zero-order chi connectivity index (χ0) is 29.3. The van der Waals surface area contributed by atoms with Crippen molar-refractivity contribution in [3.05, 3.63) is 70.0 Å². The van der Waals surface area contributed by atoms with Gasteiger partial charge in [-0.1, -0.05) is 6.07 Å². The van der Waals surface area contributed by atoms with Gasteiger partial charge in [0.2, 0.25) is 5.91 Å². The van der Waals surface area contributed by atoms with Crippen LogP contribution in [-0.2, 0) is 33.3 Å². The summed E-state index contributed by atoms with van der Waals surface area (Å²) in [7, 11) is 2.54. The fourth-order valence-corrected chi connectivity index (χ4v) is 4.80. The minimum atomic E-state index is -5.03. The van der Waals surface area contributed by atoms with Gasteiger partial charge in [-0.05, 0) is 60.4 Å². The molecule has 1 aliphatic heterocycles. The molecule has 0 aliphatic carbocycles. The van der Waals surface area contributed by atoms with E-state index in [1.165, 1.54) is 37.2 Å². The van der Waals surface area contributed by atoms with Crippen molar-refractivity contribution in [3.63, 3.8) is 0 Å². The largest absolute Gasteiger partial charge is 0.416 e. The Balaban J connectivity index is 1.93. The van der Waals surface area contributed by atoms with E-state index in [9.17, 15) is 45.1 Å². The number of alkyl halides is 6. The first-order valence-electron chi connectivity index (χ1n) is 11.8. The maximum atomic E-state index is 13.8. The van der Waals surface area contributed by atoms with Gasteiger partial charge in [0.1, 0.15) is 5.82 Å². The molecule has 1 fully saturated rings. The minimum Gasteiger partial charge on any atom is -0.351 e. The number of amides is 3. The zero-order valence-corrected chi connectivity index (χ0v) is 21.2. The number of aryl methyl sites for hydroxylation is 1. The Kier molecular flexibility index (Phi) is 8.61. The van der Waals surface area contributed by atoms with Crippen molar-refractivity contribution < 1.29 is 45.1 Å². The van der Waals surface area contributed by atoms with Gasteiger partial charge in [-0.3, -0.25) is 14.4 Å². The van der Waals surface area contributed by atoms with Crippen molar-refractivity contribution >= 4 is 17.7 Å². The van der Waals surface area contributed by atoms with Crippen LogP contribution in [0.5, 0.6) is 0 Å². The van der Waals surface area contributed by atoms with Crippen molar-refractivity contribution in [2.24, 2.45) is 5.92 Å². The van der Waals surface area contributed by atoms with Crippen LogP contribution in [0.15, 0.2) is 36.4 Å². The highest BCUT2D eigenvalue weighted by molar-refractivity contribution is 6.34. The molecule has 1 N–H and O–H groups in total. The Bertz CT molecular complexity index is 1230. The number of likely N-dealkylation sites (tertiary alicyclic amines) is 1. The van der Waals surface area contributed by atoms with E-state index in [0.717, 1.165) is 4.90 Å². The maximum Gasteiger partial charge on any atom is 0.416 e. The summed E-state index contributed by atoms with van der Waals surface area (Å²) >= 11 is 0. The number of hydrogen-bond acceptors (Lipinski definition) is 3. The Labute approximate surface area is 219 Å². The van der Waals surface area contributed by atoms with Gasteiger partial charge in [0, 0.05) is 45.6 Å². The van der Waals surface area contributed by atoms with Crippen molar-refractivity contribution in [3.8, 4) is 0 Å². The standard InChI is InChI=1S/C26H26F7N3O3/c1-14-8-18(27)4-5-19(14)21-13-36(24(39)22(37)34-2)7-6-20(21)23(38)35(3)12-15-9-16(25(28,29)30)11-17(10-15)26(31,32)33/h4-5,8-11,20-21H,6-7,12-13H2,1-3H3,(H,34,37)/t20-,21+/m0/s1. The molecule has 0 bridgehead atoms. The van der Waals surface area contributed by atoms with Gasteiger partial charge in [-0.2, -0.15) is 26.3 Å². The van der Waals surface area contributed by atoms with Gasteiger partial charge < -0.3 is 15.1 Å². The molecule has 3 amide bonds. The molecule has 2 aromatic rings. The maximum absolute atomic E-state index is 13.8. The monoisotopic (exact) mass is 561 g/mol. The van der Waals surface area contributed by atoms with Gasteiger partial charge in [0.15, 0.2) is 0 Å². The summed E-state index contributed by atoms with van der Waals surface area (Å²) in [6.07, 6.45) is -10.0. The third-order valence-corrected chi connectivity index (χ3v) is 6.71. The van der Waals surface area contributed by atoms with E-state index in [4.69, 9.17) is 0 Å². The van der Waals surface area contributed by atoms with Crippen LogP contribution in [0.3, 0.4) is 0 Å². The summed E-state index contributed by atoms with van der Waals surface area (Å²) in [5.74, 6) is -4.37. The summed E-state index contributed by atoms with van der Waals surface area (Å²) < 4.78 is 93.4. The number of benzene rings is 2. The van der Waals surface area contributed by atoms with Crippen LogP contribution >= 0.6 is 0 Å². The quantitative estimate of drug-likeness (QED) is 0.442. The van der Waals surface area contributed by atoms with E-state index in [2.05, 4.69) is 5.32 Å². The van der Waals surface area contributed by atoms with E-state index >= 15 is 0 Å². The second-order valence-corrected chi connectivity index (χ2v) is 9.44. The highest BCUT2D eigenvalue weighted by Gasteiger charge is 2.40. The predicted molar refractivity (Wildman–Crippen MR) is 126 cm³/mol. The molecule has 13 heteroatoms. The van der Waals surface area contributed by atoms with Crippen molar-refractivity contribution in [2.75, 3.05) is 27.2 Å². The van der Waals surface area contributed by atoms with Crippen LogP contribution in [0.1, 0.15) is 40.2 Å². The number of rotatable bonds is 4. The SMILES string of the molecule is CNC(=O)C(=O)N1CC[C@H](C(=O)N(C)Cc2cc(C(F)(F)F)cc(C(F)(F)F)c2)[C@@H](c2ccc(F)cc2C)C1. The van der Waals surface area contributed by atoms with E-state index in [0.29, 0.717) is 23.3 Å².